The Morgan fingerprint density at radius 2 is 2.07 bits per heavy atom. The van der Waals surface area contributed by atoms with Crippen LogP contribution in [0.15, 0.2) is 17.3 Å². The number of carbonyl (C=O) groups is 1. The maximum Gasteiger partial charge on any atom is 0.280 e. The maximum atomic E-state index is 11.6. The molecule has 1 aromatic rings. The van der Waals surface area contributed by atoms with Gasteiger partial charge in [-0.05, 0) is 12.1 Å². The molecule has 0 saturated heterocycles. The normalized spacial score (nSPS) is 17.4. The van der Waals surface area contributed by atoms with Crippen LogP contribution < -0.4 is 4.90 Å². The molecule has 0 aliphatic carbocycles. The average molecular weight is 245 g/mol. The van der Waals surface area contributed by atoms with E-state index in [0.29, 0.717) is 16.3 Å². The zero-order valence-electron chi connectivity index (χ0n) is 7.66. The number of fused-ring (bicyclic) bond motifs is 1. The first kappa shape index (κ1) is 10.3. The molecule has 15 heavy (non-hydrogen) atoms. The van der Waals surface area contributed by atoms with Gasteiger partial charge in [0.05, 0.1) is 21.3 Å². The number of likely N-dealkylation sites (N-methyl/N-ethyl adjacent to an activating group) is 1. The first-order valence-corrected chi connectivity index (χ1v) is 4.82. The summed E-state index contributed by atoms with van der Waals surface area (Å²) in [4.78, 5) is 12.9. The van der Waals surface area contributed by atoms with Crippen molar-refractivity contribution >= 4 is 40.5 Å². The van der Waals surface area contributed by atoms with Gasteiger partial charge in [0.1, 0.15) is 0 Å². The summed E-state index contributed by atoms with van der Waals surface area (Å²) in [6.45, 7) is 0. The fourth-order valence-electron chi connectivity index (χ4n) is 1.51. The van der Waals surface area contributed by atoms with E-state index in [0.717, 1.165) is 0 Å². The Morgan fingerprint density at radius 3 is 2.67 bits per heavy atom. The SMILES string of the molecule is CN1C(=O)/C(=N\O)c2c1ccc(Cl)c2Cl. The summed E-state index contributed by atoms with van der Waals surface area (Å²) in [5.41, 5.74) is 0.876. The van der Waals surface area contributed by atoms with Gasteiger partial charge < -0.3 is 10.1 Å². The Hall–Kier alpha value is -1.26. The number of benzene rings is 1. The molecule has 78 valence electrons. The molecule has 0 fully saturated rings. The maximum absolute atomic E-state index is 11.6. The van der Waals surface area contributed by atoms with Crippen LogP contribution in [-0.4, -0.2) is 23.9 Å². The first-order valence-electron chi connectivity index (χ1n) is 4.06. The molecule has 1 aliphatic heterocycles. The van der Waals surface area contributed by atoms with Crippen molar-refractivity contribution in [1.29, 1.82) is 0 Å². The number of halogens is 2. The summed E-state index contributed by atoms with van der Waals surface area (Å²) in [6.07, 6.45) is 0. The number of hydrogen-bond acceptors (Lipinski definition) is 3. The Labute approximate surface area is 95.7 Å². The second-order valence-electron chi connectivity index (χ2n) is 3.07. The minimum atomic E-state index is -0.406. The van der Waals surface area contributed by atoms with Gasteiger partial charge in [-0.25, -0.2) is 0 Å². The van der Waals surface area contributed by atoms with Crippen molar-refractivity contribution in [2.75, 3.05) is 11.9 Å². The van der Waals surface area contributed by atoms with E-state index >= 15 is 0 Å². The van der Waals surface area contributed by atoms with E-state index in [2.05, 4.69) is 5.16 Å². The number of rotatable bonds is 0. The van der Waals surface area contributed by atoms with E-state index in [1.807, 2.05) is 0 Å². The van der Waals surface area contributed by atoms with Crippen molar-refractivity contribution in [3.05, 3.63) is 27.7 Å². The van der Waals surface area contributed by atoms with Gasteiger partial charge in [0, 0.05) is 7.05 Å². The smallest absolute Gasteiger partial charge is 0.280 e. The Bertz CT molecular complexity index is 485. The molecule has 1 amide bonds. The minimum absolute atomic E-state index is 0.0833. The molecule has 1 N–H and O–H groups in total. The lowest BCUT2D eigenvalue weighted by Crippen LogP contribution is -2.25. The standard InChI is InChI=1S/C9H6Cl2N2O2/c1-13-5-3-2-4(10)7(11)6(5)8(12-15)9(13)14/h2-3,15H,1H3/b12-8-. The van der Waals surface area contributed by atoms with Gasteiger partial charge in [-0.2, -0.15) is 0 Å². The molecule has 0 unspecified atom stereocenters. The predicted octanol–water partition coefficient (Wildman–Crippen LogP) is 2.15. The van der Waals surface area contributed by atoms with E-state index in [9.17, 15) is 4.79 Å². The second-order valence-corrected chi connectivity index (χ2v) is 3.85. The highest BCUT2D eigenvalue weighted by molar-refractivity contribution is 6.58. The molecule has 0 radical (unpaired) electrons. The molecular weight excluding hydrogens is 239 g/mol. The Balaban J connectivity index is 2.78. The van der Waals surface area contributed by atoms with Crippen LogP contribution in [0.5, 0.6) is 0 Å². The summed E-state index contributed by atoms with van der Waals surface area (Å²) in [7, 11) is 1.57. The van der Waals surface area contributed by atoms with Crippen LogP contribution in [0.25, 0.3) is 0 Å². The summed E-state index contributed by atoms with van der Waals surface area (Å²) >= 11 is 11.8. The van der Waals surface area contributed by atoms with Crippen LogP contribution in [0, 0.1) is 0 Å². The quantitative estimate of drug-likeness (QED) is 0.562. The Kier molecular flexibility index (Phi) is 2.32. The van der Waals surface area contributed by atoms with Crippen LogP contribution in [0.1, 0.15) is 5.56 Å². The third-order valence-electron chi connectivity index (χ3n) is 2.28. The molecule has 1 heterocycles. The lowest BCUT2D eigenvalue weighted by atomic mass is 10.1. The zero-order valence-corrected chi connectivity index (χ0v) is 9.17. The molecule has 2 rings (SSSR count). The molecule has 4 nitrogen and oxygen atoms in total. The molecule has 0 atom stereocenters. The van der Waals surface area contributed by atoms with Crippen LogP contribution in [0.4, 0.5) is 5.69 Å². The van der Waals surface area contributed by atoms with Crippen molar-refractivity contribution in [3.63, 3.8) is 0 Å². The number of hydrogen-bond donors (Lipinski definition) is 1. The number of nitrogens with zero attached hydrogens (tertiary/aromatic N) is 2. The topological polar surface area (TPSA) is 52.9 Å². The van der Waals surface area contributed by atoms with Crippen LogP contribution in [0.3, 0.4) is 0 Å². The number of anilines is 1. The molecular formula is C9H6Cl2N2O2. The zero-order chi connectivity index (χ0) is 11.2. The number of oxime groups is 1. The van der Waals surface area contributed by atoms with Crippen molar-refractivity contribution in [3.8, 4) is 0 Å². The highest BCUT2D eigenvalue weighted by Gasteiger charge is 2.34. The van der Waals surface area contributed by atoms with Gasteiger partial charge >= 0.3 is 0 Å². The van der Waals surface area contributed by atoms with Crippen molar-refractivity contribution in [2.24, 2.45) is 5.16 Å². The van der Waals surface area contributed by atoms with Gasteiger partial charge in [0.2, 0.25) is 0 Å². The van der Waals surface area contributed by atoms with Gasteiger partial charge in [0.25, 0.3) is 5.91 Å². The van der Waals surface area contributed by atoms with E-state index in [4.69, 9.17) is 28.4 Å². The third kappa shape index (κ3) is 1.29. The second kappa shape index (κ2) is 3.40. The van der Waals surface area contributed by atoms with Crippen molar-refractivity contribution in [1.82, 2.24) is 0 Å². The third-order valence-corrected chi connectivity index (χ3v) is 3.08. The van der Waals surface area contributed by atoms with Crippen LogP contribution in [0.2, 0.25) is 10.0 Å². The van der Waals surface area contributed by atoms with E-state index in [-0.39, 0.29) is 10.7 Å². The van der Waals surface area contributed by atoms with Gasteiger partial charge in [-0.15, -0.1) is 0 Å². The summed E-state index contributed by atoms with van der Waals surface area (Å²) in [5, 5.41) is 12.2. The van der Waals surface area contributed by atoms with Crippen molar-refractivity contribution in [2.45, 2.75) is 0 Å². The highest BCUT2D eigenvalue weighted by Crippen LogP contribution is 2.37. The highest BCUT2D eigenvalue weighted by atomic mass is 35.5. The molecule has 0 saturated carbocycles. The fourth-order valence-corrected chi connectivity index (χ4v) is 1.92. The van der Waals surface area contributed by atoms with Gasteiger partial charge in [-0.1, -0.05) is 28.4 Å². The minimum Gasteiger partial charge on any atom is -0.410 e. The predicted molar refractivity (Wildman–Crippen MR) is 58.2 cm³/mol. The van der Waals surface area contributed by atoms with E-state index in [1.54, 1.807) is 19.2 Å². The van der Waals surface area contributed by atoms with Gasteiger partial charge in [-0.3, -0.25) is 4.79 Å². The molecule has 1 aromatic carbocycles. The summed E-state index contributed by atoms with van der Waals surface area (Å²) in [6, 6.07) is 3.24. The van der Waals surface area contributed by atoms with E-state index in [1.165, 1.54) is 4.90 Å². The fraction of sp³-hybridized carbons (Fsp3) is 0.111. The van der Waals surface area contributed by atoms with Crippen LogP contribution in [-0.2, 0) is 4.79 Å². The van der Waals surface area contributed by atoms with Crippen LogP contribution >= 0.6 is 23.2 Å². The lowest BCUT2D eigenvalue weighted by molar-refractivity contribution is -0.112. The van der Waals surface area contributed by atoms with E-state index < -0.39 is 5.91 Å². The summed E-state index contributed by atoms with van der Waals surface area (Å²) in [5.74, 6) is -0.406. The summed E-state index contributed by atoms with van der Waals surface area (Å²) < 4.78 is 0. The Morgan fingerprint density at radius 1 is 1.40 bits per heavy atom. The largest absolute Gasteiger partial charge is 0.410 e. The monoisotopic (exact) mass is 244 g/mol. The molecule has 6 heteroatoms. The van der Waals surface area contributed by atoms with Gasteiger partial charge in [0.15, 0.2) is 5.71 Å². The number of carbonyl (C=O) groups excluding carboxylic acids is 1. The molecule has 0 bridgehead atoms. The van der Waals surface area contributed by atoms with Crippen molar-refractivity contribution < 1.29 is 10.0 Å². The molecule has 0 spiro atoms. The molecule has 1 aliphatic rings. The number of amides is 1. The molecule has 0 aromatic heterocycles. The first-order chi connectivity index (χ1) is 7.07. The average Bonchev–Trinajstić information content (AvgIpc) is 2.47. The lowest BCUT2D eigenvalue weighted by Gasteiger charge is -2.08.